The number of aryl methyl sites for hydroxylation is 1. The average Bonchev–Trinajstić information content (AvgIpc) is 3.22. The molecule has 0 unspecified atom stereocenters. The Labute approximate surface area is 182 Å². The van der Waals surface area contributed by atoms with E-state index < -0.39 is 0 Å². The highest BCUT2D eigenvalue weighted by Gasteiger charge is 2.15. The van der Waals surface area contributed by atoms with Crippen molar-refractivity contribution in [2.45, 2.75) is 6.92 Å². The number of nitriles is 1. The van der Waals surface area contributed by atoms with Crippen molar-refractivity contribution in [1.82, 2.24) is 25.0 Å². The van der Waals surface area contributed by atoms with Crippen molar-refractivity contribution in [2.75, 3.05) is 5.32 Å². The Balaban J connectivity index is 1.50. The normalized spacial score (nSPS) is 10.8. The summed E-state index contributed by atoms with van der Waals surface area (Å²) < 4.78 is 14.7. The number of hydrogen-bond acceptors (Lipinski definition) is 6. The molecule has 0 saturated carbocycles. The van der Waals surface area contributed by atoms with E-state index >= 15 is 0 Å². The minimum absolute atomic E-state index is 0.310. The number of rotatable bonds is 4. The summed E-state index contributed by atoms with van der Waals surface area (Å²) in [6, 6.07) is 21.5. The van der Waals surface area contributed by atoms with Crippen LogP contribution in [0.1, 0.15) is 11.1 Å². The van der Waals surface area contributed by atoms with Crippen molar-refractivity contribution >= 4 is 22.5 Å². The van der Waals surface area contributed by atoms with Gasteiger partial charge in [-0.1, -0.05) is 18.2 Å². The highest BCUT2D eigenvalue weighted by molar-refractivity contribution is 5.83. The van der Waals surface area contributed by atoms with Crippen LogP contribution in [0.15, 0.2) is 72.9 Å². The zero-order valence-electron chi connectivity index (χ0n) is 17.0. The molecule has 7 nitrogen and oxygen atoms in total. The van der Waals surface area contributed by atoms with Crippen molar-refractivity contribution in [3.63, 3.8) is 0 Å². The molecule has 32 heavy (non-hydrogen) atoms. The van der Waals surface area contributed by atoms with Gasteiger partial charge in [0.25, 0.3) is 0 Å². The predicted octanol–water partition coefficient (Wildman–Crippen LogP) is 4.94. The molecule has 0 amide bonds. The molecule has 0 aliphatic rings. The number of para-hydroxylation sites is 1. The van der Waals surface area contributed by atoms with Crippen LogP contribution in [-0.2, 0) is 0 Å². The van der Waals surface area contributed by atoms with Crippen LogP contribution in [0.4, 0.5) is 16.0 Å². The third-order valence-electron chi connectivity index (χ3n) is 5.07. The van der Waals surface area contributed by atoms with Gasteiger partial charge < -0.3 is 5.32 Å². The summed E-state index contributed by atoms with van der Waals surface area (Å²) in [6.07, 6.45) is 1.48. The first-order chi connectivity index (χ1) is 15.6. The van der Waals surface area contributed by atoms with E-state index in [4.69, 9.17) is 4.98 Å². The Morgan fingerprint density at radius 3 is 2.56 bits per heavy atom. The van der Waals surface area contributed by atoms with E-state index in [0.29, 0.717) is 28.7 Å². The molecule has 0 radical (unpaired) electrons. The predicted molar refractivity (Wildman–Crippen MR) is 119 cm³/mol. The second kappa shape index (κ2) is 7.89. The second-order valence-electron chi connectivity index (χ2n) is 7.18. The zero-order valence-corrected chi connectivity index (χ0v) is 17.0. The van der Waals surface area contributed by atoms with E-state index in [-0.39, 0.29) is 5.82 Å². The lowest BCUT2D eigenvalue weighted by molar-refractivity contribution is 0.628. The molecule has 0 atom stereocenters. The molecule has 2 aromatic carbocycles. The number of anilines is 2. The van der Waals surface area contributed by atoms with Gasteiger partial charge in [0.15, 0.2) is 17.5 Å². The molecule has 8 heteroatoms. The first kappa shape index (κ1) is 19.3. The number of nitrogens with zero attached hydrogens (tertiary/aromatic N) is 6. The maximum atomic E-state index is 13.2. The smallest absolute Gasteiger partial charge is 0.156 e. The lowest BCUT2D eigenvalue weighted by Crippen LogP contribution is -2.07. The first-order valence-electron chi connectivity index (χ1n) is 9.84. The van der Waals surface area contributed by atoms with E-state index in [1.807, 2.05) is 37.3 Å². The quantitative estimate of drug-likeness (QED) is 0.442. The fourth-order valence-corrected chi connectivity index (χ4v) is 3.46. The van der Waals surface area contributed by atoms with Gasteiger partial charge in [-0.15, -0.1) is 10.2 Å². The SMILES string of the molecule is Cc1cc(-n2ncc(C#N)c2Nc2ccc(-c3ccc(F)cc3)nn2)nc2ccccc12. The molecule has 3 aromatic heterocycles. The van der Waals surface area contributed by atoms with Crippen LogP contribution in [0.25, 0.3) is 28.0 Å². The van der Waals surface area contributed by atoms with E-state index in [2.05, 4.69) is 26.7 Å². The van der Waals surface area contributed by atoms with E-state index in [0.717, 1.165) is 22.0 Å². The number of hydrogen-bond donors (Lipinski definition) is 1. The van der Waals surface area contributed by atoms with Crippen LogP contribution >= 0.6 is 0 Å². The summed E-state index contributed by atoms with van der Waals surface area (Å²) in [5, 5.41) is 26.5. The number of pyridine rings is 1. The minimum Gasteiger partial charge on any atom is -0.322 e. The summed E-state index contributed by atoms with van der Waals surface area (Å²) in [6.45, 7) is 2.01. The van der Waals surface area contributed by atoms with Crippen LogP contribution in [0.5, 0.6) is 0 Å². The summed E-state index contributed by atoms with van der Waals surface area (Å²) in [4.78, 5) is 4.70. The highest BCUT2D eigenvalue weighted by Crippen LogP contribution is 2.26. The van der Waals surface area contributed by atoms with Crippen LogP contribution in [0, 0.1) is 24.1 Å². The monoisotopic (exact) mass is 421 g/mol. The van der Waals surface area contributed by atoms with Crippen LogP contribution in [0.3, 0.4) is 0 Å². The molecule has 0 bridgehead atoms. The lowest BCUT2D eigenvalue weighted by Gasteiger charge is -2.11. The Morgan fingerprint density at radius 1 is 1.00 bits per heavy atom. The topological polar surface area (TPSA) is 92.3 Å². The van der Waals surface area contributed by atoms with Gasteiger partial charge in [-0.25, -0.2) is 9.37 Å². The van der Waals surface area contributed by atoms with Gasteiger partial charge in [-0.3, -0.25) is 0 Å². The maximum absolute atomic E-state index is 13.2. The number of benzene rings is 2. The lowest BCUT2D eigenvalue weighted by atomic mass is 10.1. The fourth-order valence-electron chi connectivity index (χ4n) is 3.46. The molecule has 154 valence electrons. The van der Waals surface area contributed by atoms with Crippen molar-refractivity contribution in [3.05, 3.63) is 89.9 Å². The molecule has 5 aromatic rings. The Kier molecular flexibility index (Phi) is 4.76. The van der Waals surface area contributed by atoms with Gasteiger partial charge in [-0.05, 0) is 61.0 Å². The summed E-state index contributed by atoms with van der Waals surface area (Å²) in [5.74, 6) is 1.15. The second-order valence-corrected chi connectivity index (χ2v) is 7.18. The summed E-state index contributed by atoms with van der Waals surface area (Å²) in [5.41, 5.74) is 3.60. The molecule has 0 spiro atoms. The Bertz CT molecular complexity index is 1470. The molecule has 0 aliphatic carbocycles. The number of nitrogens with one attached hydrogen (secondary N) is 1. The molecule has 3 heterocycles. The van der Waals surface area contributed by atoms with E-state index in [1.54, 1.807) is 28.9 Å². The van der Waals surface area contributed by atoms with Gasteiger partial charge in [0.1, 0.15) is 17.4 Å². The number of aromatic nitrogens is 5. The summed E-state index contributed by atoms with van der Waals surface area (Å²) >= 11 is 0. The Morgan fingerprint density at radius 2 is 1.81 bits per heavy atom. The molecular weight excluding hydrogens is 405 g/mol. The average molecular weight is 421 g/mol. The van der Waals surface area contributed by atoms with Gasteiger partial charge in [0.2, 0.25) is 0 Å². The maximum Gasteiger partial charge on any atom is 0.156 e. The molecule has 0 aliphatic heterocycles. The molecule has 0 fully saturated rings. The van der Waals surface area contributed by atoms with Gasteiger partial charge in [-0.2, -0.15) is 15.0 Å². The van der Waals surface area contributed by atoms with E-state index in [1.165, 1.54) is 18.3 Å². The third-order valence-corrected chi connectivity index (χ3v) is 5.07. The van der Waals surface area contributed by atoms with Crippen molar-refractivity contribution < 1.29 is 4.39 Å². The molecule has 5 rings (SSSR count). The standard InChI is InChI=1S/C24H16FN7/c1-15-12-23(28-21-5-3-2-4-19(15)21)32-24(17(13-26)14-27-32)29-22-11-10-20(30-31-22)16-6-8-18(25)9-7-16/h2-12,14H,1H3,(H,29,31). The zero-order chi connectivity index (χ0) is 22.1. The highest BCUT2D eigenvalue weighted by atomic mass is 19.1. The third kappa shape index (κ3) is 3.52. The van der Waals surface area contributed by atoms with Crippen LogP contribution < -0.4 is 5.32 Å². The minimum atomic E-state index is -0.310. The Hall–Kier alpha value is -4.64. The van der Waals surface area contributed by atoms with Gasteiger partial charge in [0, 0.05) is 10.9 Å². The van der Waals surface area contributed by atoms with E-state index in [9.17, 15) is 9.65 Å². The largest absolute Gasteiger partial charge is 0.322 e. The number of fused-ring (bicyclic) bond motifs is 1. The fraction of sp³-hybridized carbons (Fsp3) is 0.0417. The van der Waals surface area contributed by atoms with Crippen molar-refractivity contribution in [3.8, 4) is 23.1 Å². The molecule has 1 N–H and O–H groups in total. The van der Waals surface area contributed by atoms with Crippen LogP contribution in [-0.4, -0.2) is 25.0 Å². The number of halogens is 1. The summed E-state index contributed by atoms with van der Waals surface area (Å²) in [7, 11) is 0. The first-order valence-corrected chi connectivity index (χ1v) is 9.84. The van der Waals surface area contributed by atoms with Gasteiger partial charge >= 0.3 is 0 Å². The molecule has 0 saturated heterocycles. The molecular formula is C24H16FN7. The van der Waals surface area contributed by atoms with Gasteiger partial charge in [0.05, 0.1) is 17.4 Å². The van der Waals surface area contributed by atoms with Crippen molar-refractivity contribution in [2.24, 2.45) is 0 Å². The van der Waals surface area contributed by atoms with Crippen LogP contribution in [0.2, 0.25) is 0 Å². The van der Waals surface area contributed by atoms with Crippen molar-refractivity contribution in [1.29, 1.82) is 5.26 Å².